The third kappa shape index (κ3) is 5.19. The summed E-state index contributed by atoms with van der Waals surface area (Å²) in [7, 11) is 1.65. The lowest BCUT2D eigenvalue weighted by atomic mass is 10.2. The second-order valence-corrected chi connectivity index (χ2v) is 4.39. The van der Waals surface area contributed by atoms with Gasteiger partial charge >= 0.3 is 0 Å². The standard InChI is InChI=1S/C11H16Cl2N2O2/c1-17-5-3-15(2-4-16)8-9-7-14-11(13)6-10(9)12/h6-7,16H,2-5,8H2,1H3. The summed E-state index contributed by atoms with van der Waals surface area (Å²) in [6.07, 6.45) is 1.65. The van der Waals surface area contributed by atoms with Gasteiger partial charge in [0.2, 0.25) is 0 Å². The van der Waals surface area contributed by atoms with Crippen LogP contribution < -0.4 is 0 Å². The molecule has 0 spiro atoms. The van der Waals surface area contributed by atoms with Crippen LogP contribution in [0, 0.1) is 0 Å². The molecule has 0 aliphatic rings. The van der Waals surface area contributed by atoms with E-state index in [4.69, 9.17) is 33.0 Å². The number of aliphatic hydroxyl groups is 1. The smallest absolute Gasteiger partial charge is 0.130 e. The van der Waals surface area contributed by atoms with Crippen molar-refractivity contribution >= 4 is 23.2 Å². The Bertz CT molecular complexity index is 350. The molecular weight excluding hydrogens is 263 g/mol. The van der Waals surface area contributed by atoms with Crippen LogP contribution in [0.25, 0.3) is 0 Å². The zero-order valence-corrected chi connectivity index (χ0v) is 11.2. The predicted octanol–water partition coefficient (Wildman–Crippen LogP) is 1.83. The van der Waals surface area contributed by atoms with Crippen molar-refractivity contribution < 1.29 is 9.84 Å². The van der Waals surface area contributed by atoms with Crippen molar-refractivity contribution in [1.29, 1.82) is 0 Å². The van der Waals surface area contributed by atoms with Gasteiger partial charge in [-0.15, -0.1) is 0 Å². The average Bonchev–Trinajstić information content (AvgIpc) is 2.29. The summed E-state index contributed by atoms with van der Waals surface area (Å²) < 4.78 is 5.01. The van der Waals surface area contributed by atoms with E-state index in [0.29, 0.717) is 29.9 Å². The van der Waals surface area contributed by atoms with Gasteiger partial charge in [-0.25, -0.2) is 4.98 Å². The quantitative estimate of drug-likeness (QED) is 0.773. The van der Waals surface area contributed by atoms with Gasteiger partial charge in [-0.1, -0.05) is 23.2 Å². The van der Waals surface area contributed by atoms with Crippen LogP contribution in [0.5, 0.6) is 0 Å². The molecule has 1 rings (SSSR count). The fraction of sp³-hybridized carbons (Fsp3) is 0.545. The van der Waals surface area contributed by atoms with Gasteiger partial charge in [0.1, 0.15) is 5.15 Å². The van der Waals surface area contributed by atoms with Gasteiger partial charge in [-0.2, -0.15) is 0 Å². The number of pyridine rings is 1. The second kappa shape index (κ2) is 7.84. The lowest BCUT2D eigenvalue weighted by Crippen LogP contribution is -2.30. The first kappa shape index (κ1) is 14.7. The number of rotatable bonds is 7. The molecule has 0 unspecified atom stereocenters. The normalized spacial score (nSPS) is 11.1. The number of aromatic nitrogens is 1. The molecule has 0 radical (unpaired) electrons. The molecule has 0 aliphatic heterocycles. The van der Waals surface area contributed by atoms with E-state index in [-0.39, 0.29) is 6.61 Å². The highest BCUT2D eigenvalue weighted by atomic mass is 35.5. The van der Waals surface area contributed by atoms with Crippen molar-refractivity contribution in [3.63, 3.8) is 0 Å². The molecule has 17 heavy (non-hydrogen) atoms. The Morgan fingerprint density at radius 2 is 2.18 bits per heavy atom. The highest BCUT2D eigenvalue weighted by molar-refractivity contribution is 6.34. The van der Waals surface area contributed by atoms with Crippen molar-refractivity contribution in [3.05, 3.63) is 28.0 Å². The van der Waals surface area contributed by atoms with Crippen molar-refractivity contribution in [2.24, 2.45) is 0 Å². The zero-order valence-electron chi connectivity index (χ0n) is 9.70. The minimum Gasteiger partial charge on any atom is -0.395 e. The molecule has 6 heteroatoms. The van der Waals surface area contributed by atoms with Crippen molar-refractivity contribution in [1.82, 2.24) is 9.88 Å². The van der Waals surface area contributed by atoms with Crippen LogP contribution in [0.3, 0.4) is 0 Å². The van der Waals surface area contributed by atoms with Gasteiger partial charge in [-0.3, -0.25) is 4.90 Å². The van der Waals surface area contributed by atoms with Crippen molar-refractivity contribution in [3.8, 4) is 0 Å². The molecule has 0 saturated heterocycles. The van der Waals surface area contributed by atoms with Gasteiger partial charge in [0, 0.05) is 43.5 Å². The van der Waals surface area contributed by atoms with E-state index >= 15 is 0 Å². The molecule has 0 amide bonds. The summed E-state index contributed by atoms with van der Waals surface area (Å²) in [5, 5.41) is 9.94. The first-order valence-corrected chi connectivity index (χ1v) is 6.05. The molecule has 1 heterocycles. The maximum atomic E-state index is 8.98. The Labute approximate surface area is 111 Å². The molecule has 0 saturated carbocycles. The van der Waals surface area contributed by atoms with Crippen LogP contribution in [0.15, 0.2) is 12.3 Å². The molecule has 0 aromatic carbocycles. The van der Waals surface area contributed by atoms with E-state index in [1.54, 1.807) is 19.4 Å². The van der Waals surface area contributed by atoms with Gasteiger partial charge in [0.15, 0.2) is 0 Å². The van der Waals surface area contributed by atoms with Crippen molar-refractivity contribution in [2.45, 2.75) is 6.54 Å². The summed E-state index contributed by atoms with van der Waals surface area (Å²) >= 11 is 11.8. The second-order valence-electron chi connectivity index (χ2n) is 3.59. The Kier molecular flexibility index (Phi) is 6.77. The summed E-state index contributed by atoms with van der Waals surface area (Å²) in [5.74, 6) is 0. The molecule has 1 aromatic heterocycles. The monoisotopic (exact) mass is 278 g/mol. The number of aliphatic hydroxyl groups excluding tert-OH is 1. The fourth-order valence-electron chi connectivity index (χ4n) is 1.42. The molecular formula is C11H16Cl2N2O2. The Hall–Kier alpha value is -0.390. The maximum Gasteiger partial charge on any atom is 0.130 e. The van der Waals surface area contributed by atoms with E-state index in [1.165, 1.54) is 0 Å². The van der Waals surface area contributed by atoms with Crippen LogP contribution in [0.4, 0.5) is 0 Å². The van der Waals surface area contributed by atoms with Crippen LogP contribution >= 0.6 is 23.2 Å². The number of nitrogens with zero attached hydrogens (tertiary/aromatic N) is 2. The highest BCUT2D eigenvalue weighted by Crippen LogP contribution is 2.19. The van der Waals surface area contributed by atoms with Gasteiger partial charge < -0.3 is 9.84 Å². The van der Waals surface area contributed by atoms with Crippen LogP contribution in [-0.2, 0) is 11.3 Å². The zero-order chi connectivity index (χ0) is 12.7. The van der Waals surface area contributed by atoms with E-state index in [9.17, 15) is 0 Å². The fourth-order valence-corrected chi connectivity index (χ4v) is 1.85. The summed E-state index contributed by atoms with van der Waals surface area (Å²) in [6, 6.07) is 1.62. The SMILES string of the molecule is COCCN(CCO)Cc1cnc(Cl)cc1Cl. The number of methoxy groups -OCH3 is 1. The van der Waals surface area contributed by atoms with E-state index in [0.717, 1.165) is 12.1 Å². The largest absolute Gasteiger partial charge is 0.395 e. The number of hydrogen-bond donors (Lipinski definition) is 1. The molecule has 0 aliphatic carbocycles. The Morgan fingerprint density at radius 1 is 1.41 bits per heavy atom. The molecule has 0 bridgehead atoms. The van der Waals surface area contributed by atoms with Crippen molar-refractivity contribution in [2.75, 3.05) is 33.4 Å². The molecule has 0 atom stereocenters. The number of hydrogen-bond acceptors (Lipinski definition) is 4. The Balaban J connectivity index is 2.64. The summed E-state index contributed by atoms with van der Waals surface area (Å²) in [4.78, 5) is 6.04. The predicted molar refractivity (Wildman–Crippen MR) is 68.5 cm³/mol. The van der Waals surface area contributed by atoms with Gasteiger partial charge in [0.05, 0.1) is 13.2 Å². The van der Waals surface area contributed by atoms with Gasteiger partial charge in [0.25, 0.3) is 0 Å². The average molecular weight is 279 g/mol. The highest BCUT2D eigenvalue weighted by Gasteiger charge is 2.09. The van der Waals surface area contributed by atoms with E-state index in [1.807, 2.05) is 4.90 Å². The summed E-state index contributed by atoms with van der Waals surface area (Å²) in [6.45, 7) is 2.63. The molecule has 1 N–H and O–H groups in total. The first-order chi connectivity index (χ1) is 8.17. The minimum absolute atomic E-state index is 0.0996. The maximum absolute atomic E-state index is 8.98. The topological polar surface area (TPSA) is 45.6 Å². The van der Waals surface area contributed by atoms with Crippen LogP contribution in [0.1, 0.15) is 5.56 Å². The Morgan fingerprint density at radius 3 is 2.76 bits per heavy atom. The van der Waals surface area contributed by atoms with E-state index in [2.05, 4.69) is 4.98 Å². The molecule has 96 valence electrons. The molecule has 0 fully saturated rings. The molecule has 1 aromatic rings. The lowest BCUT2D eigenvalue weighted by Gasteiger charge is -2.21. The van der Waals surface area contributed by atoms with E-state index < -0.39 is 0 Å². The van der Waals surface area contributed by atoms with Crippen LogP contribution in [0.2, 0.25) is 10.2 Å². The number of halogens is 2. The third-order valence-electron chi connectivity index (χ3n) is 2.32. The number of ether oxygens (including phenoxy) is 1. The van der Waals surface area contributed by atoms with Gasteiger partial charge in [-0.05, 0) is 6.07 Å². The third-order valence-corrected chi connectivity index (χ3v) is 2.88. The molecule has 4 nitrogen and oxygen atoms in total. The lowest BCUT2D eigenvalue weighted by molar-refractivity contribution is 0.127. The first-order valence-electron chi connectivity index (χ1n) is 5.29. The summed E-state index contributed by atoms with van der Waals surface area (Å²) in [5.41, 5.74) is 0.889. The minimum atomic E-state index is 0.0996. The van der Waals surface area contributed by atoms with Crippen LogP contribution in [-0.4, -0.2) is 48.4 Å².